The fourth-order valence-electron chi connectivity index (χ4n) is 3.43. The SMILES string of the molecule is O=C(Nc1cc2cc(-c3cnco3)cnc2cn1)C1CCC(CO)CC1. The molecule has 4 rings (SSSR count). The summed E-state index contributed by atoms with van der Waals surface area (Å²) in [5.41, 5.74) is 1.57. The van der Waals surface area contributed by atoms with Gasteiger partial charge < -0.3 is 14.8 Å². The van der Waals surface area contributed by atoms with E-state index in [0.717, 1.165) is 42.1 Å². The fourth-order valence-corrected chi connectivity index (χ4v) is 3.43. The average Bonchev–Trinajstić information content (AvgIpc) is 3.22. The third kappa shape index (κ3) is 3.43. The first-order valence-corrected chi connectivity index (χ1v) is 8.79. The number of pyridine rings is 2. The maximum Gasteiger partial charge on any atom is 0.228 e. The van der Waals surface area contributed by atoms with E-state index in [4.69, 9.17) is 4.42 Å². The van der Waals surface area contributed by atoms with Crippen LogP contribution < -0.4 is 5.32 Å². The molecule has 0 saturated heterocycles. The van der Waals surface area contributed by atoms with Crippen LogP contribution in [0.1, 0.15) is 25.7 Å². The summed E-state index contributed by atoms with van der Waals surface area (Å²) in [6.45, 7) is 0.209. The summed E-state index contributed by atoms with van der Waals surface area (Å²) in [5, 5.41) is 13.0. The highest BCUT2D eigenvalue weighted by molar-refractivity contribution is 5.94. The van der Waals surface area contributed by atoms with Crippen molar-refractivity contribution in [1.29, 1.82) is 0 Å². The normalized spacial score (nSPS) is 20.2. The molecule has 1 saturated carbocycles. The highest BCUT2D eigenvalue weighted by atomic mass is 16.3. The van der Waals surface area contributed by atoms with Crippen molar-refractivity contribution in [3.8, 4) is 11.3 Å². The van der Waals surface area contributed by atoms with Crippen LogP contribution in [0.25, 0.3) is 22.2 Å². The quantitative estimate of drug-likeness (QED) is 0.748. The summed E-state index contributed by atoms with van der Waals surface area (Å²) in [4.78, 5) is 25.1. The van der Waals surface area contributed by atoms with E-state index < -0.39 is 0 Å². The average molecular weight is 352 g/mol. The van der Waals surface area contributed by atoms with Crippen LogP contribution in [-0.2, 0) is 4.79 Å². The zero-order valence-electron chi connectivity index (χ0n) is 14.3. The predicted molar refractivity (Wildman–Crippen MR) is 96.2 cm³/mol. The molecule has 0 unspecified atom stereocenters. The Bertz CT molecular complexity index is 902. The Labute approximate surface area is 150 Å². The maximum absolute atomic E-state index is 12.5. The Balaban J connectivity index is 1.50. The molecular formula is C19H20N4O3. The highest BCUT2D eigenvalue weighted by Crippen LogP contribution is 2.29. The highest BCUT2D eigenvalue weighted by Gasteiger charge is 2.26. The first-order valence-electron chi connectivity index (χ1n) is 8.79. The molecule has 3 heterocycles. The minimum absolute atomic E-state index is 0.00686. The van der Waals surface area contributed by atoms with Crippen LogP contribution in [0.15, 0.2) is 41.5 Å². The Morgan fingerprint density at radius 3 is 2.73 bits per heavy atom. The Morgan fingerprint density at radius 2 is 2.00 bits per heavy atom. The van der Waals surface area contributed by atoms with E-state index in [1.165, 1.54) is 6.39 Å². The van der Waals surface area contributed by atoms with Crippen molar-refractivity contribution in [3.63, 3.8) is 0 Å². The van der Waals surface area contributed by atoms with E-state index in [9.17, 15) is 9.90 Å². The molecule has 26 heavy (non-hydrogen) atoms. The lowest BCUT2D eigenvalue weighted by molar-refractivity contribution is -0.121. The largest absolute Gasteiger partial charge is 0.443 e. The number of aliphatic hydroxyl groups excluding tert-OH is 1. The smallest absolute Gasteiger partial charge is 0.228 e. The molecule has 0 radical (unpaired) electrons. The van der Waals surface area contributed by atoms with Gasteiger partial charge >= 0.3 is 0 Å². The van der Waals surface area contributed by atoms with Gasteiger partial charge in [-0.15, -0.1) is 0 Å². The van der Waals surface area contributed by atoms with Crippen molar-refractivity contribution in [3.05, 3.63) is 37.1 Å². The lowest BCUT2D eigenvalue weighted by Crippen LogP contribution is -2.28. The number of hydrogen-bond acceptors (Lipinski definition) is 6. The van der Waals surface area contributed by atoms with Gasteiger partial charge in [-0.1, -0.05) is 0 Å². The van der Waals surface area contributed by atoms with Crippen LogP contribution >= 0.6 is 0 Å². The van der Waals surface area contributed by atoms with Crippen molar-refractivity contribution >= 4 is 22.6 Å². The van der Waals surface area contributed by atoms with E-state index in [1.807, 2.05) is 12.1 Å². The zero-order valence-corrected chi connectivity index (χ0v) is 14.3. The monoisotopic (exact) mass is 352 g/mol. The van der Waals surface area contributed by atoms with Gasteiger partial charge in [-0.2, -0.15) is 0 Å². The number of aromatic nitrogens is 3. The van der Waals surface area contributed by atoms with Crippen molar-refractivity contribution in [2.45, 2.75) is 25.7 Å². The number of nitrogens with zero attached hydrogens (tertiary/aromatic N) is 3. The van der Waals surface area contributed by atoms with Crippen molar-refractivity contribution in [2.75, 3.05) is 11.9 Å². The van der Waals surface area contributed by atoms with Crippen molar-refractivity contribution in [1.82, 2.24) is 15.0 Å². The molecule has 0 aromatic carbocycles. The number of nitrogens with one attached hydrogen (secondary N) is 1. The lowest BCUT2D eigenvalue weighted by Gasteiger charge is -2.26. The molecule has 3 aromatic heterocycles. The minimum atomic E-state index is -0.0195. The van der Waals surface area contributed by atoms with Crippen LogP contribution in [0, 0.1) is 11.8 Å². The second-order valence-electron chi connectivity index (χ2n) is 6.74. The number of anilines is 1. The summed E-state index contributed by atoms with van der Waals surface area (Å²) in [6.07, 6.45) is 9.77. The third-order valence-corrected chi connectivity index (χ3v) is 5.01. The van der Waals surface area contributed by atoms with Crippen LogP contribution in [-0.4, -0.2) is 32.6 Å². The summed E-state index contributed by atoms with van der Waals surface area (Å²) in [5.74, 6) is 1.46. The molecule has 0 bridgehead atoms. The van der Waals surface area contributed by atoms with Gasteiger partial charge in [-0.25, -0.2) is 9.97 Å². The lowest BCUT2D eigenvalue weighted by atomic mass is 9.82. The van der Waals surface area contributed by atoms with Crippen molar-refractivity contribution in [2.24, 2.45) is 11.8 Å². The topological polar surface area (TPSA) is 101 Å². The molecule has 1 aliphatic carbocycles. The standard InChI is InChI=1S/C19H20N4O3/c24-10-12-1-3-13(4-2-12)19(25)23-18-6-14-5-15(17-9-20-11-26-17)7-21-16(14)8-22-18/h5-9,11-13,24H,1-4,10H2,(H,22,23,25). The number of rotatable bonds is 4. The van der Waals surface area contributed by atoms with Gasteiger partial charge in [0.2, 0.25) is 5.91 Å². The number of carbonyl (C=O) groups is 1. The second-order valence-corrected chi connectivity index (χ2v) is 6.74. The number of fused-ring (bicyclic) bond motifs is 1. The molecule has 0 spiro atoms. The maximum atomic E-state index is 12.5. The molecule has 0 atom stereocenters. The van der Waals surface area contributed by atoms with Gasteiger partial charge in [0.05, 0.1) is 17.9 Å². The van der Waals surface area contributed by atoms with Gasteiger partial charge in [0.25, 0.3) is 0 Å². The molecule has 2 N–H and O–H groups in total. The summed E-state index contributed by atoms with van der Waals surface area (Å²) < 4.78 is 5.31. The molecule has 134 valence electrons. The van der Waals surface area contributed by atoms with Crippen LogP contribution in [0.5, 0.6) is 0 Å². The van der Waals surface area contributed by atoms with E-state index in [0.29, 0.717) is 17.5 Å². The van der Waals surface area contributed by atoms with Gasteiger partial charge in [0.1, 0.15) is 5.82 Å². The molecule has 1 fully saturated rings. The molecule has 1 amide bonds. The fraction of sp³-hybridized carbons (Fsp3) is 0.368. The van der Waals surface area contributed by atoms with E-state index >= 15 is 0 Å². The molecule has 1 aliphatic rings. The van der Waals surface area contributed by atoms with Crippen molar-refractivity contribution < 1.29 is 14.3 Å². The molecular weight excluding hydrogens is 332 g/mol. The first kappa shape index (κ1) is 16.7. The molecule has 3 aromatic rings. The van der Waals surface area contributed by atoms with Gasteiger partial charge in [0.15, 0.2) is 12.2 Å². The van der Waals surface area contributed by atoms with Gasteiger partial charge in [-0.05, 0) is 43.7 Å². The predicted octanol–water partition coefficient (Wildman–Crippen LogP) is 3.02. The van der Waals surface area contributed by atoms with Crippen LogP contribution in [0.2, 0.25) is 0 Å². The molecule has 7 nitrogen and oxygen atoms in total. The van der Waals surface area contributed by atoms with E-state index in [2.05, 4.69) is 20.3 Å². The molecule has 7 heteroatoms. The van der Waals surface area contributed by atoms with Gasteiger partial charge in [-0.3, -0.25) is 9.78 Å². The van der Waals surface area contributed by atoms with Gasteiger partial charge in [0, 0.05) is 29.7 Å². The zero-order chi connectivity index (χ0) is 17.9. The Morgan fingerprint density at radius 1 is 1.15 bits per heavy atom. The number of carbonyl (C=O) groups excluding carboxylic acids is 1. The number of hydrogen-bond donors (Lipinski definition) is 2. The summed E-state index contributed by atoms with van der Waals surface area (Å²) in [6, 6.07) is 3.76. The Hall–Kier alpha value is -2.80. The van der Waals surface area contributed by atoms with E-state index in [-0.39, 0.29) is 18.4 Å². The summed E-state index contributed by atoms with van der Waals surface area (Å²) in [7, 11) is 0. The first-order chi connectivity index (χ1) is 12.7. The Kier molecular flexibility index (Phi) is 4.62. The number of amides is 1. The van der Waals surface area contributed by atoms with Crippen LogP contribution in [0.4, 0.5) is 5.82 Å². The second kappa shape index (κ2) is 7.21. The number of aliphatic hydroxyl groups is 1. The minimum Gasteiger partial charge on any atom is -0.443 e. The number of oxazole rings is 1. The summed E-state index contributed by atoms with van der Waals surface area (Å²) >= 11 is 0. The molecule has 0 aliphatic heterocycles. The van der Waals surface area contributed by atoms with E-state index in [1.54, 1.807) is 18.6 Å². The third-order valence-electron chi connectivity index (χ3n) is 5.01. The van der Waals surface area contributed by atoms with Crippen LogP contribution in [0.3, 0.4) is 0 Å².